The van der Waals surface area contributed by atoms with E-state index in [9.17, 15) is 5.11 Å². The maximum Gasteiger partial charge on any atom is 0.186 e. The van der Waals surface area contributed by atoms with Gasteiger partial charge in [-0.05, 0) is 50.3 Å². The van der Waals surface area contributed by atoms with Crippen LogP contribution >= 0.6 is 23.8 Å². The minimum atomic E-state index is 0.131. The van der Waals surface area contributed by atoms with E-state index in [0.29, 0.717) is 21.4 Å². The number of phenols is 1. The predicted octanol–water partition coefficient (Wildman–Crippen LogP) is 1.96. The smallest absolute Gasteiger partial charge is 0.186 e. The standard InChI is InChI=1S/C16H23ClN4O2S/c1-12(14-11-13(17)3-4-15(14)22)19-20-16(24)18-5-2-6-21-7-9-23-10-8-21/h3-4,11,22H,2,5-10H2,1H3,(H2,18,20,24)/b19-12+. The maximum atomic E-state index is 9.84. The first-order valence-electron chi connectivity index (χ1n) is 7.93. The van der Waals surface area contributed by atoms with Crippen LogP contribution in [0.1, 0.15) is 18.9 Å². The Kier molecular flexibility index (Phi) is 7.71. The molecule has 8 heteroatoms. The Morgan fingerprint density at radius 1 is 1.42 bits per heavy atom. The molecule has 0 unspecified atom stereocenters. The van der Waals surface area contributed by atoms with Gasteiger partial charge in [0.15, 0.2) is 5.11 Å². The molecule has 1 aliphatic rings. The largest absolute Gasteiger partial charge is 0.507 e. The van der Waals surface area contributed by atoms with Gasteiger partial charge in [0.05, 0.1) is 18.9 Å². The lowest BCUT2D eigenvalue weighted by molar-refractivity contribution is 0.0376. The van der Waals surface area contributed by atoms with Gasteiger partial charge < -0.3 is 15.2 Å². The van der Waals surface area contributed by atoms with Crippen LogP contribution < -0.4 is 10.7 Å². The van der Waals surface area contributed by atoms with Gasteiger partial charge in [0.25, 0.3) is 0 Å². The zero-order valence-corrected chi connectivity index (χ0v) is 15.3. The first-order chi connectivity index (χ1) is 11.6. The SMILES string of the molecule is C/C(=N\NC(=S)NCCCN1CCOCC1)c1cc(Cl)ccc1O. The molecule has 0 spiro atoms. The Morgan fingerprint density at radius 3 is 2.92 bits per heavy atom. The van der Waals surface area contributed by atoms with Gasteiger partial charge in [-0.1, -0.05) is 11.6 Å². The molecule has 0 aliphatic carbocycles. The molecular weight excluding hydrogens is 348 g/mol. The molecule has 1 heterocycles. The van der Waals surface area contributed by atoms with E-state index in [0.717, 1.165) is 45.8 Å². The van der Waals surface area contributed by atoms with E-state index in [1.165, 1.54) is 0 Å². The highest BCUT2D eigenvalue weighted by Crippen LogP contribution is 2.21. The molecule has 0 aromatic heterocycles. The minimum absolute atomic E-state index is 0.131. The van der Waals surface area contributed by atoms with Gasteiger partial charge in [-0.2, -0.15) is 5.10 Å². The van der Waals surface area contributed by atoms with Crippen LogP contribution in [0.25, 0.3) is 0 Å². The molecular formula is C16H23ClN4O2S. The summed E-state index contributed by atoms with van der Waals surface area (Å²) in [4.78, 5) is 2.38. The molecule has 24 heavy (non-hydrogen) atoms. The molecule has 2 rings (SSSR count). The third kappa shape index (κ3) is 6.24. The summed E-state index contributed by atoms with van der Waals surface area (Å²) < 4.78 is 5.32. The molecule has 1 aromatic carbocycles. The summed E-state index contributed by atoms with van der Waals surface area (Å²) in [7, 11) is 0. The van der Waals surface area contributed by atoms with Crippen molar-refractivity contribution < 1.29 is 9.84 Å². The van der Waals surface area contributed by atoms with Crippen molar-refractivity contribution in [1.29, 1.82) is 0 Å². The molecule has 1 saturated heterocycles. The number of benzene rings is 1. The zero-order valence-electron chi connectivity index (χ0n) is 13.7. The van der Waals surface area contributed by atoms with Crippen molar-refractivity contribution in [3.8, 4) is 5.75 Å². The summed E-state index contributed by atoms with van der Waals surface area (Å²) in [6.45, 7) is 7.21. The van der Waals surface area contributed by atoms with Crippen LogP contribution in [-0.4, -0.2) is 60.2 Å². The Bertz CT molecular complexity index is 591. The van der Waals surface area contributed by atoms with Crippen molar-refractivity contribution in [3.05, 3.63) is 28.8 Å². The maximum absolute atomic E-state index is 9.84. The highest BCUT2D eigenvalue weighted by Gasteiger charge is 2.09. The number of hydrazone groups is 1. The number of hydrogen-bond donors (Lipinski definition) is 3. The molecule has 0 saturated carbocycles. The summed E-state index contributed by atoms with van der Waals surface area (Å²) in [6, 6.07) is 4.83. The van der Waals surface area contributed by atoms with E-state index in [2.05, 4.69) is 20.7 Å². The Hall–Kier alpha value is -1.41. The van der Waals surface area contributed by atoms with Crippen LogP contribution in [0.4, 0.5) is 0 Å². The second kappa shape index (κ2) is 9.78. The number of rotatable bonds is 6. The van der Waals surface area contributed by atoms with Crippen LogP contribution in [0.5, 0.6) is 5.75 Å². The molecule has 3 N–H and O–H groups in total. The van der Waals surface area contributed by atoms with E-state index in [1.807, 2.05) is 0 Å². The van der Waals surface area contributed by atoms with E-state index < -0.39 is 0 Å². The average molecular weight is 371 g/mol. The summed E-state index contributed by atoms with van der Waals surface area (Å²) in [5.41, 5.74) is 3.96. The number of thiocarbonyl (C=S) groups is 1. The molecule has 1 fully saturated rings. The summed E-state index contributed by atoms with van der Waals surface area (Å²) >= 11 is 11.1. The van der Waals surface area contributed by atoms with Gasteiger partial charge in [-0.25, -0.2) is 0 Å². The van der Waals surface area contributed by atoms with Crippen molar-refractivity contribution in [2.45, 2.75) is 13.3 Å². The molecule has 0 radical (unpaired) electrons. The first-order valence-corrected chi connectivity index (χ1v) is 8.72. The van der Waals surface area contributed by atoms with Crippen LogP contribution in [0.15, 0.2) is 23.3 Å². The highest BCUT2D eigenvalue weighted by molar-refractivity contribution is 7.80. The van der Waals surface area contributed by atoms with E-state index in [-0.39, 0.29) is 5.75 Å². The summed E-state index contributed by atoms with van der Waals surface area (Å²) in [5, 5.41) is 18.1. The van der Waals surface area contributed by atoms with E-state index in [4.69, 9.17) is 28.6 Å². The average Bonchev–Trinajstić information content (AvgIpc) is 2.59. The van der Waals surface area contributed by atoms with Crippen molar-refractivity contribution in [2.24, 2.45) is 5.10 Å². The predicted molar refractivity (Wildman–Crippen MR) is 101 cm³/mol. The second-order valence-electron chi connectivity index (χ2n) is 5.53. The van der Waals surface area contributed by atoms with Crippen molar-refractivity contribution in [3.63, 3.8) is 0 Å². The fourth-order valence-electron chi connectivity index (χ4n) is 2.36. The highest BCUT2D eigenvalue weighted by atomic mass is 35.5. The minimum Gasteiger partial charge on any atom is -0.507 e. The fraction of sp³-hybridized carbons (Fsp3) is 0.500. The van der Waals surface area contributed by atoms with Crippen molar-refractivity contribution >= 4 is 34.6 Å². The lowest BCUT2D eigenvalue weighted by Gasteiger charge is -2.26. The molecule has 0 atom stereocenters. The number of morpholine rings is 1. The number of halogens is 1. The number of ether oxygens (including phenoxy) is 1. The Morgan fingerprint density at radius 2 is 2.17 bits per heavy atom. The molecule has 0 amide bonds. The third-order valence-electron chi connectivity index (χ3n) is 3.71. The number of phenolic OH excluding ortho intramolecular Hbond substituents is 1. The van der Waals surface area contributed by atoms with E-state index >= 15 is 0 Å². The molecule has 6 nitrogen and oxygen atoms in total. The van der Waals surface area contributed by atoms with E-state index in [1.54, 1.807) is 25.1 Å². The van der Waals surface area contributed by atoms with Crippen molar-refractivity contribution in [1.82, 2.24) is 15.6 Å². The summed E-state index contributed by atoms with van der Waals surface area (Å²) in [5.74, 6) is 0.131. The number of aromatic hydroxyl groups is 1. The lowest BCUT2D eigenvalue weighted by atomic mass is 10.1. The van der Waals surface area contributed by atoms with Crippen molar-refractivity contribution in [2.75, 3.05) is 39.4 Å². The molecule has 1 aliphatic heterocycles. The quantitative estimate of drug-likeness (QED) is 0.308. The first kappa shape index (κ1) is 18.9. The van der Waals surface area contributed by atoms with Gasteiger partial charge in [-0.3, -0.25) is 10.3 Å². The van der Waals surface area contributed by atoms with Gasteiger partial charge in [0.2, 0.25) is 0 Å². The third-order valence-corrected chi connectivity index (χ3v) is 4.18. The number of nitrogens with zero attached hydrogens (tertiary/aromatic N) is 2. The molecule has 0 bridgehead atoms. The van der Waals surface area contributed by atoms with Crippen LogP contribution in [0.2, 0.25) is 5.02 Å². The monoisotopic (exact) mass is 370 g/mol. The number of nitrogens with one attached hydrogen (secondary N) is 2. The van der Waals surface area contributed by atoms with Crippen LogP contribution in [0.3, 0.4) is 0 Å². The lowest BCUT2D eigenvalue weighted by Crippen LogP contribution is -2.39. The van der Waals surface area contributed by atoms with Gasteiger partial charge >= 0.3 is 0 Å². The normalized spacial score (nSPS) is 16.0. The van der Waals surface area contributed by atoms with Gasteiger partial charge in [-0.15, -0.1) is 0 Å². The van der Waals surface area contributed by atoms with Gasteiger partial charge in [0, 0.05) is 30.2 Å². The molecule has 132 valence electrons. The van der Waals surface area contributed by atoms with Crippen LogP contribution in [0, 0.1) is 0 Å². The number of hydrogen-bond acceptors (Lipinski definition) is 5. The van der Waals surface area contributed by atoms with Gasteiger partial charge in [0.1, 0.15) is 5.75 Å². The second-order valence-corrected chi connectivity index (χ2v) is 6.38. The molecule has 1 aromatic rings. The zero-order chi connectivity index (χ0) is 17.4. The Labute approximate surface area is 152 Å². The fourth-order valence-corrected chi connectivity index (χ4v) is 2.68. The van der Waals surface area contributed by atoms with Crippen LogP contribution in [-0.2, 0) is 4.74 Å². The topological polar surface area (TPSA) is 69.1 Å². The summed E-state index contributed by atoms with van der Waals surface area (Å²) in [6.07, 6.45) is 1.000. The Balaban J connectivity index is 1.70.